The van der Waals surface area contributed by atoms with E-state index in [1.54, 1.807) is 36.4 Å². The van der Waals surface area contributed by atoms with Crippen LogP contribution in [0.3, 0.4) is 0 Å². The molecule has 0 saturated carbocycles. The Balaban J connectivity index is 0.00000190. The molecule has 0 radical (unpaired) electrons. The first-order chi connectivity index (χ1) is 16.5. The molecule has 0 aliphatic carbocycles. The van der Waals surface area contributed by atoms with Crippen LogP contribution < -0.4 is 22.9 Å². The quantitative estimate of drug-likeness (QED) is 0.246. The van der Waals surface area contributed by atoms with Gasteiger partial charge in [0.05, 0.1) is 35.2 Å². The van der Waals surface area contributed by atoms with Gasteiger partial charge in [-0.15, -0.1) is 34.0 Å². The highest BCUT2D eigenvalue weighted by molar-refractivity contribution is 8.93. The van der Waals surface area contributed by atoms with Crippen molar-refractivity contribution in [1.29, 1.82) is 0 Å². The molecular formula is C23H28Br2N8O4. The zero-order valence-corrected chi connectivity index (χ0v) is 23.5. The van der Waals surface area contributed by atoms with Crippen LogP contribution in [0.5, 0.6) is 0 Å². The average molecular weight is 640 g/mol. The van der Waals surface area contributed by atoms with Crippen molar-refractivity contribution < 1.29 is 19.1 Å². The molecule has 37 heavy (non-hydrogen) atoms. The number of imidazole rings is 2. The molecule has 0 spiro atoms. The van der Waals surface area contributed by atoms with E-state index < -0.39 is 29.8 Å². The summed E-state index contributed by atoms with van der Waals surface area (Å²) in [5, 5.41) is 0. The van der Waals surface area contributed by atoms with Crippen molar-refractivity contribution in [2.24, 2.45) is 11.5 Å². The summed E-state index contributed by atoms with van der Waals surface area (Å²) in [7, 11) is 0. The van der Waals surface area contributed by atoms with E-state index in [1.807, 2.05) is 23.0 Å². The summed E-state index contributed by atoms with van der Waals surface area (Å²) in [6.45, 7) is 4.38. The summed E-state index contributed by atoms with van der Waals surface area (Å²) in [5.41, 5.74) is 26.5. The lowest BCUT2D eigenvalue weighted by atomic mass is 10.1. The summed E-state index contributed by atoms with van der Waals surface area (Å²) in [5.74, 6) is -1.37. The van der Waals surface area contributed by atoms with Crippen LogP contribution in [0.2, 0.25) is 0 Å². The Labute approximate surface area is 232 Å². The number of hydrogen-bond acceptors (Lipinski definition) is 8. The van der Waals surface area contributed by atoms with Crippen LogP contribution in [0.4, 0.5) is 11.9 Å². The van der Waals surface area contributed by atoms with Gasteiger partial charge in [-0.2, -0.15) is 0 Å². The third-order valence-electron chi connectivity index (χ3n) is 6.13. The van der Waals surface area contributed by atoms with Crippen molar-refractivity contribution >= 4 is 79.7 Å². The number of nitrogens with two attached hydrogens (primary N) is 4. The monoisotopic (exact) mass is 638 g/mol. The van der Waals surface area contributed by atoms with Gasteiger partial charge in [-0.05, 0) is 50.2 Å². The fourth-order valence-corrected chi connectivity index (χ4v) is 4.57. The summed E-state index contributed by atoms with van der Waals surface area (Å²) < 4.78 is 16.1. The van der Waals surface area contributed by atoms with Gasteiger partial charge in [0.25, 0.3) is 0 Å². The summed E-state index contributed by atoms with van der Waals surface area (Å²) in [4.78, 5) is 31.8. The lowest BCUT2D eigenvalue weighted by Gasteiger charge is -2.20. The number of nitrogen functional groups attached to an aromatic ring is 2. The fraction of sp³-hybridized carbons (Fsp3) is 0.304. The third kappa shape index (κ3) is 5.28. The molecule has 3 heterocycles. The second-order valence-corrected chi connectivity index (χ2v) is 9.01. The number of carbonyl (C=O) groups is 2. The molecule has 12 nitrogen and oxygen atoms in total. The molecule has 0 bridgehead atoms. The SMILES string of the molecule is Br.Br.CC1(C)O[C@H](Cn2c(N)nc3cc(C(N)=O)ccc32)[C@@H](Cn2c(N)nc3cc(C(N)=O)ccc32)O1. The molecule has 2 amide bonds. The minimum atomic E-state index is -0.843. The van der Waals surface area contributed by atoms with Gasteiger partial charge in [-0.25, -0.2) is 9.97 Å². The number of carbonyl (C=O) groups excluding carboxylic acids is 2. The molecule has 5 rings (SSSR count). The lowest BCUT2D eigenvalue weighted by molar-refractivity contribution is -0.147. The highest BCUT2D eigenvalue weighted by atomic mass is 79.9. The highest BCUT2D eigenvalue weighted by Crippen LogP contribution is 2.33. The molecule has 4 aromatic rings. The highest BCUT2D eigenvalue weighted by Gasteiger charge is 2.42. The number of halogens is 2. The van der Waals surface area contributed by atoms with Crippen LogP contribution in [-0.4, -0.2) is 48.9 Å². The largest absolute Gasteiger partial charge is 0.369 e. The van der Waals surface area contributed by atoms with Gasteiger partial charge in [0, 0.05) is 11.1 Å². The van der Waals surface area contributed by atoms with Crippen molar-refractivity contribution in [2.45, 2.75) is 44.9 Å². The van der Waals surface area contributed by atoms with Gasteiger partial charge >= 0.3 is 0 Å². The minimum absolute atomic E-state index is 0. The smallest absolute Gasteiger partial charge is 0.248 e. The van der Waals surface area contributed by atoms with Gasteiger partial charge in [0.15, 0.2) is 5.79 Å². The second-order valence-electron chi connectivity index (χ2n) is 9.01. The van der Waals surface area contributed by atoms with E-state index in [-0.39, 0.29) is 45.9 Å². The summed E-state index contributed by atoms with van der Waals surface area (Å²) in [6, 6.07) is 9.99. The maximum atomic E-state index is 11.5. The number of amides is 2. The van der Waals surface area contributed by atoms with Gasteiger partial charge in [0.2, 0.25) is 23.7 Å². The van der Waals surface area contributed by atoms with E-state index in [0.29, 0.717) is 35.2 Å². The Morgan fingerprint density at radius 1 is 0.811 bits per heavy atom. The second kappa shape index (κ2) is 10.3. The number of hydrogen-bond donors (Lipinski definition) is 4. The van der Waals surface area contributed by atoms with Gasteiger partial charge in [-0.1, -0.05) is 0 Å². The van der Waals surface area contributed by atoms with E-state index in [9.17, 15) is 9.59 Å². The molecule has 0 unspecified atom stereocenters. The molecule has 2 aromatic heterocycles. The normalized spacial score (nSPS) is 18.4. The average Bonchev–Trinajstić information content (AvgIpc) is 3.37. The Morgan fingerprint density at radius 2 is 1.19 bits per heavy atom. The Bertz CT molecular complexity index is 1390. The number of primary amides is 2. The predicted octanol–water partition coefficient (Wildman–Crippen LogP) is 2.12. The Kier molecular flexibility index (Phi) is 7.88. The van der Waals surface area contributed by atoms with Gasteiger partial charge < -0.3 is 41.5 Å². The number of ether oxygens (including phenoxy) is 2. The van der Waals surface area contributed by atoms with E-state index in [4.69, 9.17) is 32.4 Å². The van der Waals surface area contributed by atoms with E-state index in [1.165, 1.54) is 0 Å². The lowest BCUT2D eigenvalue weighted by Crippen LogP contribution is -2.32. The molecule has 1 aliphatic rings. The number of benzene rings is 2. The molecule has 1 fully saturated rings. The van der Waals surface area contributed by atoms with Crippen LogP contribution in [0.15, 0.2) is 36.4 Å². The van der Waals surface area contributed by atoms with Crippen LogP contribution in [0.25, 0.3) is 22.1 Å². The fourth-order valence-electron chi connectivity index (χ4n) is 4.57. The van der Waals surface area contributed by atoms with Crippen LogP contribution in [0.1, 0.15) is 34.6 Å². The standard InChI is InChI=1S/C23H26N8O4.2BrH/c1-23(2)34-17(9-30-15-5-3-11(19(24)32)7-13(15)28-21(30)26)18(35-23)10-31-16-6-4-12(20(25)33)8-14(16)29-22(31)27;;/h3-8,17-18H,9-10H2,1-2H3,(H2,24,32)(H2,25,33)(H2,26,28)(H2,27,29);2*1H/t17-,18-;;/m1../s1. The zero-order valence-electron chi connectivity index (χ0n) is 20.1. The van der Waals surface area contributed by atoms with Crippen molar-refractivity contribution in [3.63, 3.8) is 0 Å². The van der Waals surface area contributed by atoms with Crippen LogP contribution in [-0.2, 0) is 22.6 Å². The van der Waals surface area contributed by atoms with E-state index >= 15 is 0 Å². The van der Waals surface area contributed by atoms with Gasteiger partial charge in [0.1, 0.15) is 12.2 Å². The first-order valence-corrected chi connectivity index (χ1v) is 11.0. The molecule has 14 heteroatoms. The number of rotatable bonds is 6. The predicted molar refractivity (Wildman–Crippen MR) is 150 cm³/mol. The summed E-state index contributed by atoms with van der Waals surface area (Å²) in [6.07, 6.45) is -0.801. The molecule has 198 valence electrons. The minimum Gasteiger partial charge on any atom is -0.369 e. The van der Waals surface area contributed by atoms with Crippen molar-refractivity contribution in [1.82, 2.24) is 19.1 Å². The third-order valence-corrected chi connectivity index (χ3v) is 6.13. The van der Waals surface area contributed by atoms with Crippen molar-refractivity contribution in [3.8, 4) is 0 Å². The maximum absolute atomic E-state index is 11.5. The van der Waals surface area contributed by atoms with Crippen LogP contribution in [0, 0.1) is 0 Å². The first kappa shape index (κ1) is 28.4. The van der Waals surface area contributed by atoms with Gasteiger partial charge in [-0.3, -0.25) is 9.59 Å². The number of aromatic nitrogens is 4. The molecule has 2 atom stereocenters. The molecule has 2 aromatic carbocycles. The van der Waals surface area contributed by atoms with Crippen molar-refractivity contribution in [3.05, 3.63) is 47.5 Å². The molecule has 8 N–H and O–H groups in total. The van der Waals surface area contributed by atoms with E-state index in [2.05, 4.69) is 9.97 Å². The van der Waals surface area contributed by atoms with E-state index in [0.717, 1.165) is 11.0 Å². The molecule has 1 aliphatic heterocycles. The number of anilines is 2. The molecule has 1 saturated heterocycles. The zero-order chi connectivity index (χ0) is 25.1. The number of fused-ring (bicyclic) bond motifs is 2. The Morgan fingerprint density at radius 3 is 1.54 bits per heavy atom. The number of nitrogens with zero attached hydrogens (tertiary/aromatic N) is 4. The van der Waals surface area contributed by atoms with Crippen LogP contribution >= 0.6 is 34.0 Å². The topological polar surface area (TPSA) is 192 Å². The Hall–Kier alpha value is -3.20. The summed E-state index contributed by atoms with van der Waals surface area (Å²) >= 11 is 0. The maximum Gasteiger partial charge on any atom is 0.248 e. The molecular weight excluding hydrogens is 612 g/mol. The first-order valence-electron chi connectivity index (χ1n) is 11.0. The van der Waals surface area contributed by atoms with Crippen molar-refractivity contribution in [2.75, 3.05) is 11.5 Å².